The molecule has 0 aliphatic carbocycles. The van der Waals surface area contributed by atoms with E-state index in [-0.39, 0.29) is 17.3 Å². The molecule has 1 saturated heterocycles. The summed E-state index contributed by atoms with van der Waals surface area (Å²) in [6.07, 6.45) is 3.39. The minimum absolute atomic E-state index is 0.0894. The predicted octanol–water partition coefficient (Wildman–Crippen LogP) is 0.355. The van der Waals surface area contributed by atoms with E-state index in [1.54, 1.807) is 0 Å². The van der Waals surface area contributed by atoms with Gasteiger partial charge < -0.3 is 5.32 Å². The highest BCUT2D eigenvalue weighted by Gasteiger charge is 2.28. The van der Waals surface area contributed by atoms with Crippen molar-refractivity contribution in [3.05, 3.63) is 22.9 Å². The topological polar surface area (TPSA) is 79.4 Å². The third-order valence-corrected chi connectivity index (χ3v) is 4.79. The van der Waals surface area contributed by atoms with Crippen LogP contribution >= 0.6 is 15.9 Å². The molecule has 1 fully saturated rings. The molecular weight excluding hydrogens is 322 g/mol. The number of nitrogens with zero attached hydrogens (tertiary/aromatic N) is 2. The minimum Gasteiger partial charge on any atom is -0.355 e. The van der Waals surface area contributed by atoms with Crippen molar-refractivity contribution in [2.24, 2.45) is 0 Å². The van der Waals surface area contributed by atoms with Crippen molar-refractivity contribution >= 4 is 31.9 Å². The van der Waals surface area contributed by atoms with Gasteiger partial charge in [-0.3, -0.25) is 9.78 Å². The molecule has 2 rings (SSSR count). The van der Waals surface area contributed by atoms with E-state index in [9.17, 15) is 13.2 Å². The Labute approximate surface area is 114 Å². The van der Waals surface area contributed by atoms with Gasteiger partial charge in [-0.05, 0) is 28.4 Å². The Morgan fingerprint density at radius 1 is 1.39 bits per heavy atom. The predicted molar refractivity (Wildman–Crippen MR) is 68.3 cm³/mol. The van der Waals surface area contributed by atoms with Gasteiger partial charge in [0.25, 0.3) is 0 Å². The summed E-state index contributed by atoms with van der Waals surface area (Å²) in [6, 6.07) is 1.48. The van der Waals surface area contributed by atoms with Crippen LogP contribution in [0.4, 0.5) is 0 Å². The van der Waals surface area contributed by atoms with Gasteiger partial charge in [0, 0.05) is 30.0 Å². The zero-order valence-electron chi connectivity index (χ0n) is 9.47. The van der Waals surface area contributed by atoms with Crippen LogP contribution in [-0.4, -0.2) is 43.2 Å². The number of hydrogen-bond donors (Lipinski definition) is 1. The van der Waals surface area contributed by atoms with Crippen molar-refractivity contribution in [1.82, 2.24) is 14.6 Å². The Morgan fingerprint density at radius 3 is 2.89 bits per heavy atom. The Morgan fingerprint density at radius 2 is 2.17 bits per heavy atom. The summed E-state index contributed by atoms with van der Waals surface area (Å²) in [5, 5.41) is 2.64. The number of halogens is 1. The van der Waals surface area contributed by atoms with Gasteiger partial charge in [0.1, 0.15) is 4.90 Å². The largest absolute Gasteiger partial charge is 0.355 e. The van der Waals surface area contributed by atoms with Gasteiger partial charge >= 0.3 is 0 Å². The van der Waals surface area contributed by atoms with Gasteiger partial charge in [0.05, 0.1) is 6.54 Å². The smallest absolute Gasteiger partial charge is 0.245 e. The molecule has 2 heterocycles. The lowest BCUT2D eigenvalue weighted by molar-refractivity contribution is -0.120. The maximum absolute atomic E-state index is 12.3. The lowest BCUT2D eigenvalue weighted by Gasteiger charge is -2.18. The van der Waals surface area contributed by atoms with Crippen molar-refractivity contribution in [2.75, 3.05) is 19.6 Å². The Balaban J connectivity index is 2.32. The number of hydrogen-bond acceptors (Lipinski definition) is 4. The highest BCUT2D eigenvalue weighted by molar-refractivity contribution is 9.10. The Hall–Kier alpha value is -0.990. The number of nitrogens with one attached hydrogen (secondary N) is 1. The van der Waals surface area contributed by atoms with Crippen LogP contribution < -0.4 is 5.32 Å². The van der Waals surface area contributed by atoms with E-state index < -0.39 is 10.0 Å². The molecule has 0 radical (unpaired) electrons. The summed E-state index contributed by atoms with van der Waals surface area (Å²) in [5.41, 5.74) is 0. The summed E-state index contributed by atoms with van der Waals surface area (Å²) in [6.45, 7) is 0.685. The first-order valence-electron chi connectivity index (χ1n) is 5.37. The first-order valence-corrected chi connectivity index (χ1v) is 7.61. The average Bonchev–Trinajstić information content (AvgIpc) is 2.54. The molecule has 1 N–H and O–H groups in total. The van der Waals surface area contributed by atoms with E-state index in [4.69, 9.17) is 0 Å². The summed E-state index contributed by atoms with van der Waals surface area (Å²) in [7, 11) is -3.66. The van der Waals surface area contributed by atoms with Gasteiger partial charge in [-0.2, -0.15) is 4.31 Å². The van der Waals surface area contributed by atoms with E-state index in [0.717, 1.165) is 0 Å². The second kappa shape index (κ2) is 5.33. The molecule has 98 valence electrons. The van der Waals surface area contributed by atoms with Crippen LogP contribution in [0.3, 0.4) is 0 Å². The van der Waals surface area contributed by atoms with Crippen molar-refractivity contribution in [2.45, 2.75) is 11.3 Å². The quantitative estimate of drug-likeness (QED) is 0.847. The third kappa shape index (κ3) is 2.88. The lowest BCUT2D eigenvalue weighted by atomic mass is 10.4. The van der Waals surface area contributed by atoms with Crippen LogP contribution in [0.2, 0.25) is 0 Å². The average molecular weight is 334 g/mol. The van der Waals surface area contributed by atoms with E-state index in [2.05, 4.69) is 26.2 Å². The van der Waals surface area contributed by atoms with Crippen LogP contribution in [0.1, 0.15) is 6.42 Å². The first-order chi connectivity index (χ1) is 8.50. The summed E-state index contributed by atoms with van der Waals surface area (Å²) in [4.78, 5) is 15.3. The number of pyridine rings is 1. The zero-order chi connectivity index (χ0) is 13.2. The lowest BCUT2D eigenvalue weighted by Crippen LogP contribution is -2.37. The highest BCUT2D eigenvalue weighted by atomic mass is 79.9. The monoisotopic (exact) mass is 333 g/mol. The van der Waals surface area contributed by atoms with Crippen LogP contribution in [-0.2, 0) is 14.8 Å². The summed E-state index contributed by atoms with van der Waals surface area (Å²) in [5.74, 6) is -0.279. The zero-order valence-corrected chi connectivity index (χ0v) is 11.9. The fourth-order valence-electron chi connectivity index (χ4n) is 1.67. The molecule has 18 heavy (non-hydrogen) atoms. The molecule has 1 aliphatic rings. The number of carbonyl (C=O) groups excluding carboxylic acids is 1. The second-order valence-electron chi connectivity index (χ2n) is 3.88. The van der Waals surface area contributed by atoms with Gasteiger partial charge in [0.2, 0.25) is 15.9 Å². The van der Waals surface area contributed by atoms with Gasteiger partial charge in [-0.1, -0.05) is 0 Å². The van der Waals surface area contributed by atoms with Gasteiger partial charge in [0.15, 0.2) is 0 Å². The van der Waals surface area contributed by atoms with Crippen LogP contribution in [0.25, 0.3) is 0 Å². The van der Waals surface area contributed by atoms with Crippen molar-refractivity contribution in [3.63, 3.8) is 0 Å². The van der Waals surface area contributed by atoms with Crippen molar-refractivity contribution in [1.29, 1.82) is 0 Å². The molecule has 0 bridgehead atoms. The molecular formula is C10H12BrN3O3S. The normalized spacial score (nSPS) is 18.2. The molecule has 0 atom stereocenters. The highest BCUT2D eigenvalue weighted by Crippen LogP contribution is 2.19. The van der Waals surface area contributed by atoms with Gasteiger partial charge in [-0.15, -0.1) is 0 Å². The fraction of sp³-hybridized carbons (Fsp3) is 0.400. The van der Waals surface area contributed by atoms with E-state index >= 15 is 0 Å². The third-order valence-electron chi connectivity index (χ3n) is 2.54. The fourth-order valence-corrected chi connectivity index (χ4v) is 3.61. The van der Waals surface area contributed by atoms with Crippen LogP contribution in [0.15, 0.2) is 27.8 Å². The second-order valence-corrected chi connectivity index (χ2v) is 6.73. The van der Waals surface area contributed by atoms with Crippen LogP contribution in [0, 0.1) is 0 Å². The number of amides is 1. The number of rotatable bonds is 2. The Bertz CT molecular complexity index is 561. The molecule has 1 aromatic heterocycles. The molecule has 1 amide bonds. The molecule has 8 heteroatoms. The Kier molecular flexibility index (Phi) is 3.98. The maximum atomic E-state index is 12.3. The van der Waals surface area contributed by atoms with E-state index in [0.29, 0.717) is 24.0 Å². The van der Waals surface area contributed by atoms with Crippen LogP contribution in [0.5, 0.6) is 0 Å². The number of carbonyl (C=O) groups is 1. The van der Waals surface area contributed by atoms with Crippen molar-refractivity contribution in [3.8, 4) is 0 Å². The molecule has 1 aromatic rings. The minimum atomic E-state index is -3.66. The molecule has 0 saturated carbocycles. The standard InChI is InChI=1S/C10H12BrN3O3S/c11-8-4-9(6-12-5-8)18(16,17)14-3-1-2-13-10(15)7-14/h4-6H,1-3,7H2,(H,13,15). The van der Waals surface area contributed by atoms with E-state index in [1.165, 1.54) is 22.8 Å². The molecule has 1 aliphatic heterocycles. The van der Waals surface area contributed by atoms with Crippen molar-refractivity contribution < 1.29 is 13.2 Å². The first kappa shape index (κ1) is 13.4. The SMILES string of the molecule is O=C1CN(S(=O)(=O)c2cncc(Br)c2)CCCN1. The van der Waals surface area contributed by atoms with E-state index in [1.807, 2.05) is 0 Å². The number of sulfonamides is 1. The summed E-state index contributed by atoms with van der Waals surface area (Å²) < 4.78 is 26.4. The summed E-state index contributed by atoms with van der Waals surface area (Å²) >= 11 is 3.18. The van der Waals surface area contributed by atoms with Gasteiger partial charge in [-0.25, -0.2) is 8.42 Å². The molecule has 6 nitrogen and oxygen atoms in total. The molecule has 0 aromatic carbocycles. The molecule has 0 unspecified atom stereocenters. The number of aromatic nitrogens is 1. The maximum Gasteiger partial charge on any atom is 0.245 e. The molecule has 0 spiro atoms.